The van der Waals surface area contributed by atoms with Crippen LogP contribution in [0.2, 0.25) is 0 Å². The lowest BCUT2D eigenvalue weighted by atomic mass is 10.0. The molecule has 1 aromatic carbocycles. The van der Waals surface area contributed by atoms with Crippen molar-refractivity contribution in [3.05, 3.63) is 28.8 Å². The first-order chi connectivity index (χ1) is 9.45. The molecule has 108 valence electrons. The zero-order chi connectivity index (χ0) is 14.9. The minimum Gasteiger partial charge on any atom is -0.304 e. The second kappa shape index (κ2) is 6.08. The van der Waals surface area contributed by atoms with Crippen LogP contribution in [0, 0.1) is 19.8 Å². The van der Waals surface area contributed by atoms with E-state index in [9.17, 15) is 9.59 Å². The highest BCUT2D eigenvalue weighted by molar-refractivity contribution is 9.09. The lowest BCUT2D eigenvalue weighted by molar-refractivity contribution is -0.114. The lowest BCUT2D eigenvalue weighted by Crippen LogP contribution is -2.31. The monoisotopic (exact) mass is 337 g/mol. The molecule has 1 unspecified atom stereocenters. The molecule has 1 aromatic rings. The number of benzene rings is 1. The lowest BCUT2D eigenvalue weighted by Gasteiger charge is -2.20. The normalized spacial score (nSPS) is 15.7. The Balaban J connectivity index is 2.24. The van der Waals surface area contributed by atoms with Crippen LogP contribution in [-0.4, -0.2) is 23.6 Å². The number of carbonyl (C=O) groups excluding carboxylic acids is 2. The largest absolute Gasteiger partial charge is 0.304 e. The predicted octanol–water partition coefficient (Wildman–Crippen LogP) is 3.64. The van der Waals surface area contributed by atoms with Gasteiger partial charge in [0.2, 0.25) is 0 Å². The highest BCUT2D eigenvalue weighted by Gasteiger charge is 2.36. The number of carbonyl (C=O) groups is 2. The molecule has 20 heavy (non-hydrogen) atoms. The van der Waals surface area contributed by atoms with Gasteiger partial charge in [0.1, 0.15) is 0 Å². The number of fused-ring (bicyclic) bond motifs is 1. The third kappa shape index (κ3) is 2.80. The van der Waals surface area contributed by atoms with Crippen LogP contribution in [0.5, 0.6) is 0 Å². The number of hydrogen-bond acceptors (Lipinski definition) is 2. The van der Waals surface area contributed by atoms with Gasteiger partial charge < -0.3 is 4.90 Å². The van der Waals surface area contributed by atoms with Crippen LogP contribution in [0.25, 0.3) is 0 Å². The summed E-state index contributed by atoms with van der Waals surface area (Å²) < 4.78 is 0. The van der Waals surface area contributed by atoms with E-state index in [1.165, 1.54) is 0 Å². The van der Waals surface area contributed by atoms with Gasteiger partial charge >= 0.3 is 0 Å². The molecule has 1 heterocycles. The van der Waals surface area contributed by atoms with E-state index < -0.39 is 0 Å². The van der Waals surface area contributed by atoms with Crippen molar-refractivity contribution in [2.24, 2.45) is 5.92 Å². The highest BCUT2D eigenvalue weighted by Crippen LogP contribution is 2.33. The van der Waals surface area contributed by atoms with Gasteiger partial charge in [0.05, 0.1) is 11.3 Å². The van der Waals surface area contributed by atoms with Crippen LogP contribution in [0.4, 0.5) is 5.69 Å². The quantitative estimate of drug-likeness (QED) is 0.607. The van der Waals surface area contributed by atoms with E-state index in [-0.39, 0.29) is 11.7 Å². The van der Waals surface area contributed by atoms with E-state index in [0.717, 1.165) is 35.0 Å². The fourth-order valence-corrected chi connectivity index (χ4v) is 3.51. The van der Waals surface area contributed by atoms with Crippen molar-refractivity contribution in [3.63, 3.8) is 0 Å². The molecule has 0 saturated heterocycles. The molecule has 2 rings (SSSR count). The van der Waals surface area contributed by atoms with E-state index in [0.29, 0.717) is 18.0 Å². The van der Waals surface area contributed by atoms with Crippen LogP contribution in [-0.2, 0) is 4.79 Å². The number of alkyl halides is 1. The summed E-state index contributed by atoms with van der Waals surface area (Å²) >= 11 is 3.44. The summed E-state index contributed by atoms with van der Waals surface area (Å²) in [5.74, 6) is -0.202. The maximum atomic E-state index is 12.2. The summed E-state index contributed by atoms with van der Waals surface area (Å²) in [4.78, 5) is 25.9. The molecule has 3 nitrogen and oxygen atoms in total. The van der Waals surface area contributed by atoms with E-state index in [4.69, 9.17) is 0 Å². The molecule has 0 saturated carbocycles. The molecule has 4 heteroatoms. The first-order valence-corrected chi connectivity index (χ1v) is 8.11. The Labute approximate surface area is 128 Å². The topological polar surface area (TPSA) is 37.4 Å². The van der Waals surface area contributed by atoms with Crippen molar-refractivity contribution < 1.29 is 9.59 Å². The molecule has 0 fully saturated rings. The van der Waals surface area contributed by atoms with Crippen molar-refractivity contribution in [1.82, 2.24) is 0 Å². The summed E-state index contributed by atoms with van der Waals surface area (Å²) in [6.45, 7) is 6.71. The van der Waals surface area contributed by atoms with Crippen LogP contribution in [0.15, 0.2) is 12.1 Å². The number of amides is 1. The number of halogens is 1. The Morgan fingerprint density at radius 3 is 2.55 bits per heavy atom. The Bertz CT molecular complexity index is 554. The maximum Gasteiger partial charge on any atom is 0.299 e. The van der Waals surface area contributed by atoms with Gasteiger partial charge in [-0.15, -0.1) is 0 Å². The zero-order valence-corrected chi connectivity index (χ0v) is 13.8. The molecule has 0 aromatic heterocycles. The summed E-state index contributed by atoms with van der Waals surface area (Å²) in [7, 11) is 0. The van der Waals surface area contributed by atoms with Gasteiger partial charge in [0.25, 0.3) is 11.7 Å². The average molecular weight is 338 g/mol. The Morgan fingerprint density at radius 2 is 1.90 bits per heavy atom. The molecule has 1 aliphatic rings. The van der Waals surface area contributed by atoms with Gasteiger partial charge in [0, 0.05) is 11.9 Å². The standard InChI is InChI=1S/C16H20BrNO2/c1-10(4-6-17)5-7-18-14-12(3)8-11(2)9-13(14)15(19)16(18)20/h8-10H,4-7H2,1-3H3. The molecule has 0 aliphatic carbocycles. The van der Waals surface area contributed by atoms with Crippen molar-refractivity contribution in [2.75, 3.05) is 16.8 Å². The molecule has 1 amide bonds. The zero-order valence-electron chi connectivity index (χ0n) is 12.2. The third-order valence-corrected chi connectivity index (χ3v) is 4.30. The number of anilines is 1. The SMILES string of the molecule is Cc1cc(C)c2c(c1)C(=O)C(=O)N2CCC(C)CCBr. The molecule has 1 aliphatic heterocycles. The van der Waals surface area contributed by atoms with Crippen LogP contribution >= 0.6 is 15.9 Å². The minimum atomic E-state index is -0.375. The number of aryl methyl sites for hydroxylation is 2. The fraction of sp³-hybridized carbons (Fsp3) is 0.500. The van der Waals surface area contributed by atoms with Crippen molar-refractivity contribution >= 4 is 33.3 Å². The van der Waals surface area contributed by atoms with E-state index in [1.807, 2.05) is 26.0 Å². The number of hydrogen-bond donors (Lipinski definition) is 0. The molecular weight excluding hydrogens is 318 g/mol. The van der Waals surface area contributed by atoms with Crippen molar-refractivity contribution in [2.45, 2.75) is 33.6 Å². The summed E-state index contributed by atoms with van der Waals surface area (Å²) in [6.07, 6.45) is 1.99. The Morgan fingerprint density at radius 1 is 1.20 bits per heavy atom. The van der Waals surface area contributed by atoms with E-state index in [1.54, 1.807) is 4.90 Å². The van der Waals surface area contributed by atoms with Crippen molar-refractivity contribution in [3.8, 4) is 0 Å². The number of Topliss-reactive ketones (excluding diaryl/α,β-unsaturated/α-hetero) is 1. The van der Waals surface area contributed by atoms with Gasteiger partial charge in [-0.25, -0.2) is 0 Å². The second-order valence-corrected chi connectivity index (χ2v) is 6.43. The van der Waals surface area contributed by atoms with Crippen LogP contribution in [0.3, 0.4) is 0 Å². The first-order valence-electron chi connectivity index (χ1n) is 6.99. The van der Waals surface area contributed by atoms with Gasteiger partial charge in [0.15, 0.2) is 0 Å². The smallest absolute Gasteiger partial charge is 0.299 e. The Hall–Kier alpha value is -1.16. The van der Waals surface area contributed by atoms with E-state index >= 15 is 0 Å². The minimum absolute atomic E-state index is 0.361. The second-order valence-electron chi connectivity index (χ2n) is 5.64. The van der Waals surface area contributed by atoms with E-state index in [2.05, 4.69) is 22.9 Å². The molecule has 0 N–H and O–H groups in total. The maximum absolute atomic E-state index is 12.2. The predicted molar refractivity (Wildman–Crippen MR) is 84.8 cm³/mol. The third-order valence-electron chi connectivity index (χ3n) is 3.85. The first kappa shape index (κ1) is 15.2. The fourth-order valence-electron chi connectivity index (χ4n) is 2.72. The summed E-state index contributed by atoms with van der Waals surface area (Å²) in [5.41, 5.74) is 3.42. The van der Waals surface area contributed by atoms with Gasteiger partial charge in [-0.2, -0.15) is 0 Å². The molecule has 0 radical (unpaired) electrons. The highest BCUT2D eigenvalue weighted by atomic mass is 79.9. The van der Waals surface area contributed by atoms with Gasteiger partial charge in [-0.1, -0.05) is 28.9 Å². The summed E-state index contributed by atoms with van der Waals surface area (Å²) in [6, 6.07) is 3.85. The molecule has 1 atom stereocenters. The molecular formula is C16H20BrNO2. The number of ketones is 1. The van der Waals surface area contributed by atoms with Gasteiger partial charge in [-0.3, -0.25) is 9.59 Å². The molecule has 0 bridgehead atoms. The molecule has 0 spiro atoms. The Kier molecular flexibility index (Phi) is 4.63. The number of rotatable bonds is 5. The van der Waals surface area contributed by atoms with Crippen LogP contribution in [0.1, 0.15) is 41.3 Å². The number of nitrogens with zero attached hydrogens (tertiary/aromatic N) is 1. The van der Waals surface area contributed by atoms with Gasteiger partial charge in [-0.05, 0) is 49.8 Å². The average Bonchev–Trinajstić information content (AvgIpc) is 2.61. The van der Waals surface area contributed by atoms with Crippen LogP contribution < -0.4 is 4.90 Å². The van der Waals surface area contributed by atoms with Crippen molar-refractivity contribution in [1.29, 1.82) is 0 Å². The summed E-state index contributed by atoms with van der Waals surface area (Å²) in [5, 5.41) is 0.968.